The summed E-state index contributed by atoms with van der Waals surface area (Å²) in [6, 6.07) is 6.00. The Morgan fingerprint density at radius 1 is 1.31 bits per heavy atom. The maximum Gasteiger partial charge on any atom is 0.320 e. The SMILES string of the molecule is COC(=O)C(Cc1ccc(O)cc1)C(=O)O. The molecule has 5 heteroatoms. The molecule has 2 N–H and O–H groups in total. The fraction of sp³-hybridized carbons (Fsp3) is 0.273. The molecule has 0 aliphatic carbocycles. The molecule has 1 unspecified atom stereocenters. The highest BCUT2D eigenvalue weighted by Gasteiger charge is 2.27. The molecule has 5 nitrogen and oxygen atoms in total. The van der Waals surface area contributed by atoms with Gasteiger partial charge in [-0.05, 0) is 24.1 Å². The van der Waals surface area contributed by atoms with Crippen LogP contribution in [0.5, 0.6) is 5.75 Å². The van der Waals surface area contributed by atoms with E-state index in [-0.39, 0.29) is 12.2 Å². The minimum absolute atomic E-state index is 0.0439. The van der Waals surface area contributed by atoms with E-state index in [2.05, 4.69) is 4.74 Å². The maximum atomic E-state index is 11.2. The molecule has 0 heterocycles. The second kappa shape index (κ2) is 5.16. The molecule has 0 radical (unpaired) electrons. The van der Waals surface area contributed by atoms with E-state index >= 15 is 0 Å². The quantitative estimate of drug-likeness (QED) is 0.584. The molecule has 0 fully saturated rings. The van der Waals surface area contributed by atoms with Crippen molar-refractivity contribution in [2.75, 3.05) is 7.11 Å². The molecule has 0 aliphatic rings. The van der Waals surface area contributed by atoms with Crippen LogP contribution in [0.2, 0.25) is 0 Å². The van der Waals surface area contributed by atoms with Crippen LogP contribution in [0.1, 0.15) is 5.56 Å². The summed E-state index contributed by atoms with van der Waals surface area (Å²) < 4.78 is 4.40. The van der Waals surface area contributed by atoms with Crippen molar-refractivity contribution < 1.29 is 24.5 Å². The number of methoxy groups -OCH3 is 1. The number of phenols is 1. The normalized spacial score (nSPS) is 11.8. The van der Waals surface area contributed by atoms with Crippen molar-refractivity contribution in [1.82, 2.24) is 0 Å². The first-order chi connectivity index (χ1) is 7.54. The van der Waals surface area contributed by atoms with Crippen LogP contribution >= 0.6 is 0 Å². The topological polar surface area (TPSA) is 83.8 Å². The molecule has 86 valence electrons. The van der Waals surface area contributed by atoms with Crippen molar-refractivity contribution in [2.24, 2.45) is 5.92 Å². The van der Waals surface area contributed by atoms with Crippen molar-refractivity contribution in [1.29, 1.82) is 0 Å². The molecule has 1 aromatic rings. The summed E-state index contributed by atoms with van der Waals surface area (Å²) in [7, 11) is 1.15. The van der Waals surface area contributed by atoms with Crippen LogP contribution in [-0.2, 0) is 20.7 Å². The average molecular weight is 224 g/mol. The predicted octanol–water partition coefficient (Wildman–Crippen LogP) is 0.808. The van der Waals surface area contributed by atoms with Crippen molar-refractivity contribution >= 4 is 11.9 Å². The standard InChI is InChI=1S/C11H12O5/c1-16-11(15)9(10(13)14)6-7-2-4-8(12)5-3-7/h2-5,9,12H,6H2,1H3,(H,13,14). The van der Waals surface area contributed by atoms with Gasteiger partial charge in [0.2, 0.25) is 0 Å². The van der Waals surface area contributed by atoms with Crippen molar-refractivity contribution in [2.45, 2.75) is 6.42 Å². The first kappa shape index (κ1) is 12.0. The van der Waals surface area contributed by atoms with E-state index in [1.807, 2.05) is 0 Å². The summed E-state index contributed by atoms with van der Waals surface area (Å²) in [4.78, 5) is 22.0. The maximum absolute atomic E-state index is 11.2. The highest BCUT2D eigenvalue weighted by molar-refractivity contribution is 5.94. The number of phenolic OH excluding ortho intramolecular Hbond substituents is 1. The van der Waals surface area contributed by atoms with E-state index < -0.39 is 17.9 Å². The summed E-state index contributed by atoms with van der Waals surface area (Å²) in [5.74, 6) is -3.12. The summed E-state index contributed by atoms with van der Waals surface area (Å²) in [6.45, 7) is 0. The van der Waals surface area contributed by atoms with E-state index in [1.54, 1.807) is 12.1 Å². The first-order valence-electron chi connectivity index (χ1n) is 4.63. The van der Waals surface area contributed by atoms with Crippen LogP contribution in [0, 0.1) is 5.92 Å². The Bertz CT molecular complexity index is 382. The minimum Gasteiger partial charge on any atom is -0.508 e. The second-order valence-corrected chi connectivity index (χ2v) is 3.28. The summed E-state index contributed by atoms with van der Waals surface area (Å²) in [5.41, 5.74) is 0.649. The van der Waals surface area contributed by atoms with Crippen molar-refractivity contribution in [3.05, 3.63) is 29.8 Å². The summed E-state index contributed by atoms with van der Waals surface area (Å²) in [5, 5.41) is 17.9. The van der Waals surface area contributed by atoms with Crippen LogP contribution in [-0.4, -0.2) is 29.3 Å². The third-order valence-corrected chi connectivity index (χ3v) is 2.16. The van der Waals surface area contributed by atoms with Crippen LogP contribution in [0.15, 0.2) is 24.3 Å². The van der Waals surface area contributed by atoms with Gasteiger partial charge in [0.25, 0.3) is 0 Å². The van der Waals surface area contributed by atoms with E-state index in [1.165, 1.54) is 12.1 Å². The van der Waals surface area contributed by atoms with Gasteiger partial charge in [0.05, 0.1) is 7.11 Å². The lowest BCUT2D eigenvalue weighted by Crippen LogP contribution is -2.27. The number of hydrogen-bond acceptors (Lipinski definition) is 4. The minimum atomic E-state index is -1.22. The lowest BCUT2D eigenvalue weighted by molar-refractivity contribution is -0.156. The Morgan fingerprint density at radius 2 is 1.88 bits per heavy atom. The van der Waals surface area contributed by atoms with Crippen LogP contribution in [0.4, 0.5) is 0 Å². The van der Waals surface area contributed by atoms with Gasteiger partial charge >= 0.3 is 11.9 Å². The number of carbonyl (C=O) groups excluding carboxylic acids is 1. The van der Waals surface area contributed by atoms with Gasteiger partial charge in [0.15, 0.2) is 5.92 Å². The number of esters is 1. The third-order valence-electron chi connectivity index (χ3n) is 2.16. The summed E-state index contributed by atoms with van der Waals surface area (Å²) in [6.07, 6.45) is 0.0439. The molecule has 1 atom stereocenters. The third kappa shape index (κ3) is 2.98. The molecule has 0 aliphatic heterocycles. The van der Waals surface area contributed by atoms with Gasteiger partial charge in [-0.25, -0.2) is 0 Å². The molecular formula is C11H12O5. The zero-order valence-electron chi connectivity index (χ0n) is 8.71. The van der Waals surface area contributed by atoms with E-state index in [4.69, 9.17) is 10.2 Å². The molecule has 0 saturated carbocycles. The zero-order valence-corrected chi connectivity index (χ0v) is 8.71. The molecule has 0 aromatic heterocycles. The smallest absolute Gasteiger partial charge is 0.320 e. The number of hydrogen-bond donors (Lipinski definition) is 2. The Balaban J connectivity index is 2.80. The van der Waals surface area contributed by atoms with Gasteiger partial charge < -0.3 is 14.9 Å². The van der Waals surface area contributed by atoms with E-state index in [0.717, 1.165) is 7.11 Å². The lowest BCUT2D eigenvalue weighted by Gasteiger charge is -2.09. The van der Waals surface area contributed by atoms with E-state index in [9.17, 15) is 9.59 Å². The Labute approximate surface area is 92.3 Å². The van der Waals surface area contributed by atoms with Crippen LogP contribution in [0.3, 0.4) is 0 Å². The molecular weight excluding hydrogens is 212 g/mol. The molecule has 0 saturated heterocycles. The van der Waals surface area contributed by atoms with Gasteiger partial charge in [-0.2, -0.15) is 0 Å². The molecule has 0 spiro atoms. The largest absolute Gasteiger partial charge is 0.508 e. The van der Waals surface area contributed by atoms with Crippen molar-refractivity contribution in [3.63, 3.8) is 0 Å². The van der Waals surface area contributed by atoms with E-state index in [0.29, 0.717) is 5.56 Å². The number of carboxylic acid groups (broad SMARTS) is 1. The zero-order chi connectivity index (χ0) is 12.1. The van der Waals surface area contributed by atoms with Crippen LogP contribution < -0.4 is 0 Å². The number of rotatable bonds is 4. The molecule has 1 rings (SSSR count). The fourth-order valence-corrected chi connectivity index (χ4v) is 1.28. The number of benzene rings is 1. The van der Waals surface area contributed by atoms with Gasteiger partial charge in [0.1, 0.15) is 5.75 Å². The first-order valence-corrected chi connectivity index (χ1v) is 4.63. The van der Waals surface area contributed by atoms with Crippen LogP contribution in [0.25, 0.3) is 0 Å². The van der Waals surface area contributed by atoms with Gasteiger partial charge in [0, 0.05) is 0 Å². The fourth-order valence-electron chi connectivity index (χ4n) is 1.28. The highest BCUT2D eigenvalue weighted by atomic mass is 16.5. The Morgan fingerprint density at radius 3 is 2.31 bits per heavy atom. The highest BCUT2D eigenvalue weighted by Crippen LogP contribution is 2.14. The summed E-state index contributed by atoms with van der Waals surface area (Å²) >= 11 is 0. The van der Waals surface area contributed by atoms with Gasteiger partial charge in [-0.1, -0.05) is 12.1 Å². The number of carbonyl (C=O) groups is 2. The van der Waals surface area contributed by atoms with Crippen molar-refractivity contribution in [3.8, 4) is 5.75 Å². The van der Waals surface area contributed by atoms with Gasteiger partial charge in [-0.3, -0.25) is 9.59 Å². The Hall–Kier alpha value is -2.04. The number of carboxylic acids is 1. The molecule has 1 aromatic carbocycles. The number of aromatic hydroxyl groups is 1. The average Bonchev–Trinajstić information content (AvgIpc) is 2.27. The Kier molecular flexibility index (Phi) is 3.88. The number of ether oxygens (including phenoxy) is 1. The van der Waals surface area contributed by atoms with Gasteiger partial charge in [-0.15, -0.1) is 0 Å². The monoisotopic (exact) mass is 224 g/mol. The predicted molar refractivity (Wildman–Crippen MR) is 55.0 cm³/mol. The molecule has 16 heavy (non-hydrogen) atoms. The molecule has 0 amide bonds. The second-order valence-electron chi connectivity index (χ2n) is 3.28. The lowest BCUT2D eigenvalue weighted by atomic mass is 9.99. The molecule has 0 bridgehead atoms. The number of aliphatic carboxylic acids is 1.